The maximum absolute atomic E-state index is 13.7. The van der Waals surface area contributed by atoms with Crippen molar-refractivity contribution in [1.29, 1.82) is 0 Å². The number of carbonyl (C=O) groups excluding carboxylic acids is 1. The Balaban J connectivity index is 1.50. The lowest BCUT2D eigenvalue weighted by Crippen LogP contribution is -2.60. The van der Waals surface area contributed by atoms with E-state index in [1.807, 2.05) is 0 Å². The lowest BCUT2D eigenvalue weighted by atomic mass is 9.46. The maximum atomic E-state index is 13.7. The van der Waals surface area contributed by atoms with Gasteiger partial charge in [0.15, 0.2) is 0 Å². The molecule has 5 rings (SSSR count). The summed E-state index contributed by atoms with van der Waals surface area (Å²) in [4.78, 5) is 13.7. The number of aliphatic hydroxyl groups excluding tert-OH is 1. The van der Waals surface area contributed by atoms with Gasteiger partial charge >= 0.3 is 0 Å². The first kappa shape index (κ1) is 23.1. The molecule has 4 saturated carbocycles. The number of carbonyl (C=O) groups is 1. The fourth-order valence-electron chi connectivity index (χ4n) is 9.58. The molecule has 1 heterocycles. The molecule has 5 aliphatic rings. The van der Waals surface area contributed by atoms with Crippen molar-refractivity contribution in [1.82, 2.24) is 0 Å². The Morgan fingerprint density at radius 1 is 1.03 bits per heavy atom. The molecule has 0 aromatic rings. The lowest BCUT2D eigenvalue weighted by Gasteiger charge is -2.54. The average Bonchev–Trinajstić information content (AvgIpc) is 3.41. The molecule has 3 nitrogen and oxygen atoms in total. The zero-order chi connectivity index (χ0) is 23.3. The fourth-order valence-corrected chi connectivity index (χ4v) is 9.58. The fraction of sp³-hybridized carbons (Fsp3) is 0.897. The molecule has 1 N–H and O–H groups in total. The summed E-state index contributed by atoms with van der Waals surface area (Å²) in [6, 6.07) is 0. The van der Waals surface area contributed by atoms with E-state index in [-0.39, 0.29) is 33.9 Å². The van der Waals surface area contributed by atoms with E-state index in [4.69, 9.17) is 4.74 Å². The number of fused-ring (bicyclic) bond motifs is 1. The topological polar surface area (TPSA) is 49.8 Å². The molecule has 1 saturated heterocycles. The van der Waals surface area contributed by atoms with E-state index < -0.39 is 6.10 Å². The van der Waals surface area contributed by atoms with E-state index in [2.05, 4.69) is 48.1 Å². The van der Waals surface area contributed by atoms with Gasteiger partial charge in [0.05, 0.1) is 12.0 Å². The second-order valence-electron chi connectivity index (χ2n) is 13.4. The van der Waals surface area contributed by atoms with Gasteiger partial charge in [-0.15, -0.1) is 0 Å². The Hall–Kier alpha value is -0.670. The molecule has 0 aromatic heterocycles. The number of ether oxygens (including phenoxy) is 1. The number of aliphatic hydroxyl groups is 1. The first-order valence-electron chi connectivity index (χ1n) is 13.5. The molecule has 0 radical (unpaired) electrons. The molecule has 5 fully saturated rings. The quantitative estimate of drug-likeness (QED) is 0.399. The number of ketones is 1. The van der Waals surface area contributed by atoms with Crippen molar-refractivity contribution in [2.75, 3.05) is 0 Å². The second-order valence-corrected chi connectivity index (χ2v) is 13.4. The number of epoxide rings is 1. The van der Waals surface area contributed by atoms with E-state index >= 15 is 0 Å². The highest BCUT2D eigenvalue weighted by Crippen LogP contribution is 2.85. The molecule has 10 unspecified atom stereocenters. The molecule has 32 heavy (non-hydrogen) atoms. The monoisotopic (exact) mass is 442 g/mol. The molecule has 180 valence electrons. The summed E-state index contributed by atoms with van der Waals surface area (Å²) in [6.07, 6.45) is 8.72. The van der Waals surface area contributed by atoms with Crippen LogP contribution in [0.1, 0.15) is 99.3 Å². The molecule has 0 aromatic carbocycles. The summed E-state index contributed by atoms with van der Waals surface area (Å²) in [7, 11) is 0. The third kappa shape index (κ3) is 2.59. The van der Waals surface area contributed by atoms with E-state index in [0.29, 0.717) is 24.0 Å². The van der Waals surface area contributed by atoms with Gasteiger partial charge in [0, 0.05) is 17.3 Å². The largest absolute Gasteiger partial charge is 0.389 e. The van der Waals surface area contributed by atoms with Crippen LogP contribution in [0.15, 0.2) is 12.2 Å². The molecule has 1 aliphatic heterocycles. The highest BCUT2D eigenvalue weighted by molar-refractivity contribution is 5.85. The van der Waals surface area contributed by atoms with E-state index in [9.17, 15) is 9.90 Å². The minimum Gasteiger partial charge on any atom is -0.389 e. The summed E-state index contributed by atoms with van der Waals surface area (Å²) >= 11 is 0. The number of rotatable bonds is 5. The Bertz CT molecular complexity index is 817. The molecule has 4 aliphatic carbocycles. The van der Waals surface area contributed by atoms with Crippen molar-refractivity contribution in [3.8, 4) is 0 Å². The van der Waals surface area contributed by atoms with Gasteiger partial charge < -0.3 is 9.84 Å². The predicted molar refractivity (Wildman–Crippen MR) is 128 cm³/mol. The second kappa shape index (κ2) is 7.17. The van der Waals surface area contributed by atoms with Gasteiger partial charge in [0.2, 0.25) is 0 Å². The SMILES string of the molecule is C=C1C(O)CCC2(C)C1CC1C(=O)CCC(C(C)CCC(C)C(C)C)C3(C)CCC24OC134. The molecule has 1 spiro atoms. The van der Waals surface area contributed by atoms with E-state index in [1.165, 1.54) is 19.3 Å². The maximum Gasteiger partial charge on any atom is 0.139 e. The number of Topliss-reactive ketones (excluding diaryl/α,β-unsaturated/α-hetero) is 1. The zero-order valence-electron chi connectivity index (χ0n) is 21.4. The summed E-state index contributed by atoms with van der Waals surface area (Å²) < 4.78 is 7.07. The van der Waals surface area contributed by atoms with E-state index in [1.54, 1.807) is 0 Å². The van der Waals surface area contributed by atoms with Crippen molar-refractivity contribution < 1.29 is 14.6 Å². The standard InChI is InChI=1S/C29H46O3/c1-17(2)18(3)8-9-19(4)21-10-11-25(31)23-16-22-20(5)24(30)12-13-26(22,6)28-15-14-27(21,7)29(23,28)32-28/h17-19,21-24,30H,5,8-16H2,1-4,6-7H3. The van der Waals surface area contributed by atoms with Crippen LogP contribution in [0, 0.1) is 46.3 Å². The summed E-state index contributed by atoms with van der Waals surface area (Å²) in [5.41, 5.74) is 0.589. The van der Waals surface area contributed by atoms with Crippen molar-refractivity contribution in [2.24, 2.45) is 46.3 Å². The van der Waals surface area contributed by atoms with Gasteiger partial charge in [-0.2, -0.15) is 0 Å². The first-order valence-corrected chi connectivity index (χ1v) is 13.5. The molecule has 10 atom stereocenters. The van der Waals surface area contributed by atoms with Crippen LogP contribution in [-0.2, 0) is 9.53 Å². The van der Waals surface area contributed by atoms with Crippen LogP contribution in [-0.4, -0.2) is 28.2 Å². The average molecular weight is 443 g/mol. The van der Waals surface area contributed by atoms with Gasteiger partial charge in [0.1, 0.15) is 17.0 Å². The number of hydrogen-bond acceptors (Lipinski definition) is 3. The first-order chi connectivity index (χ1) is 14.9. The van der Waals surface area contributed by atoms with Crippen LogP contribution < -0.4 is 0 Å². The molecule has 0 amide bonds. The molecule has 3 heteroatoms. The molecular weight excluding hydrogens is 396 g/mol. The lowest BCUT2D eigenvalue weighted by molar-refractivity contribution is -0.128. The Kier molecular flexibility index (Phi) is 5.17. The third-order valence-electron chi connectivity index (χ3n) is 12.0. The van der Waals surface area contributed by atoms with Crippen LogP contribution in [0.2, 0.25) is 0 Å². The van der Waals surface area contributed by atoms with Gasteiger partial charge in [0.25, 0.3) is 0 Å². The minimum atomic E-state index is -0.417. The van der Waals surface area contributed by atoms with Crippen LogP contribution in [0.4, 0.5) is 0 Å². The van der Waals surface area contributed by atoms with Gasteiger partial charge in [-0.3, -0.25) is 4.79 Å². The van der Waals surface area contributed by atoms with Crippen molar-refractivity contribution >= 4 is 5.78 Å². The van der Waals surface area contributed by atoms with Crippen molar-refractivity contribution in [3.05, 3.63) is 12.2 Å². The van der Waals surface area contributed by atoms with Crippen molar-refractivity contribution in [2.45, 2.75) is 117 Å². The highest BCUT2D eigenvalue weighted by atomic mass is 16.6. The van der Waals surface area contributed by atoms with Gasteiger partial charge in [-0.05, 0) is 73.7 Å². The Morgan fingerprint density at radius 2 is 1.75 bits per heavy atom. The molecule has 0 bridgehead atoms. The predicted octanol–water partition coefficient (Wildman–Crippen LogP) is 6.34. The minimum absolute atomic E-state index is 0.00212. The number of hydrogen-bond donors (Lipinski definition) is 1. The van der Waals surface area contributed by atoms with Gasteiger partial charge in [-0.25, -0.2) is 0 Å². The summed E-state index contributed by atoms with van der Waals surface area (Å²) in [5, 5.41) is 10.6. The van der Waals surface area contributed by atoms with Crippen molar-refractivity contribution in [3.63, 3.8) is 0 Å². The van der Waals surface area contributed by atoms with Gasteiger partial charge in [-0.1, -0.05) is 61.0 Å². The molecular formula is C29H46O3. The zero-order valence-corrected chi connectivity index (χ0v) is 21.4. The third-order valence-corrected chi connectivity index (χ3v) is 12.0. The normalized spacial score (nSPS) is 51.5. The van der Waals surface area contributed by atoms with E-state index in [0.717, 1.165) is 49.5 Å². The van der Waals surface area contributed by atoms with Crippen LogP contribution >= 0.6 is 0 Å². The van der Waals surface area contributed by atoms with Crippen LogP contribution in [0.5, 0.6) is 0 Å². The Labute approximate surface area is 195 Å². The summed E-state index contributed by atoms with van der Waals surface area (Å²) in [5.74, 6) is 3.28. The smallest absolute Gasteiger partial charge is 0.139 e. The van der Waals surface area contributed by atoms with Crippen LogP contribution in [0.25, 0.3) is 0 Å². The van der Waals surface area contributed by atoms with Crippen LogP contribution in [0.3, 0.4) is 0 Å². The Morgan fingerprint density at radius 3 is 2.44 bits per heavy atom. The summed E-state index contributed by atoms with van der Waals surface area (Å²) in [6.45, 7) is 18.8. The highest BCUT2D eigenvalue weighted by Gasteiger charge is 2.92.